The van der Waals surface area contributed by atoms with Crippen molar-refractivity contribution in [3.8, 4) is 0 Å². The molecule has 0 amide bonds. The van der Waals surface area contributed by atoms with Crippen LogP contribution < -0.4 is 5.32 Å². The maximum atomic E-state index is 9.74. The lowest BCUT2D eigenvalue weighted by molar-refractivity contribution is 0.0674. The van der Waals surface area contributed by atoms with Gasteiger partial charge in [-0.15, -0.1) is 0 Å². The summed E-state index contributed by atoms with van der Waals surface area (Å²) in [6.07, 6.45) is 6.71. The van der Waals surface area contributed by atoms with Crippen molar-refractivity contribution < 1.29 is 5.11 Å². The smallest absolute Gasteiger partial charge is 0.0591 e. The average Bonchev–Trinajstić information content (AvgIpc) is 2.37. The fourth-order valence-electron chi connectivity index (χ4n) is 3.17. The molecule has 1 aromatic rings. The number of rotatable bonds is 6. The average molecular weight is 275 g/mol. The van der Waals surface area contributed by atoms with Crippen LogP contribution in [-0.4, -0.2) is 22.8 Å². The van der Waals surface area contributed by atoms with Crippen molar-refractivity contribution in [3.63, 3.8) is 0 Å². The minimum atomic E-state index is -0.524. The molecule has 2 unspecified atom stereocenters. The molecular formula is C18H29NO. The zero-order chi connectivity index (χ0) is 14.6. The van der Waals surface area contributed by atoms with Crippen LogP contribution >= 0.6 is 0 Å². The first kappa shape index (κ1) is 15.5. The Hall–Kier alpha value is -0.860. The van der Waals surface area contributed by atoms with Crippen molar-refractivity contribution >= 4 is 0 Å². The Morgan fingerprint density at radius 1 is 1.30 bits per heavy atom. The first-order chi connectivity index (χ1) is 9.44. The largest absolute Gasteiger partial charge is 0.390 e. The molecule has 0 aliphatic heterocycles. The predicted molar refractivity (Wildman–Crippen MR) is 85.0 cm³/mol. The fourth-order valence-corrected chi connectivity index (χ4v) is 3.17. The van der Waals surface area contributed by atoms with Crippen LogP contribution in [0.3, 0.4) is 0 Å². The summed E-state index contributed by atoms with van der Waals surface area (Å²) < 4.78 is 0. The molecule has 1 aliphatic rings. The van der Waals surface area contributed by atoms with E-state index in [1.807, 2.05) is 13.8 Å². The van der Waals surface area contributed by atoms with Crippen LogP contribution in [-0.2, 0) is 12.8 Å². The molecule has 0 heterocycles. The third kappa shape index (κ3) is 4.92. The summed E-state index contributed by atoms with van der Waals surface area (Å²) in [5.41, 5.74) is 2.52. The van der Waals surface area contributed by atoms with Crippen LogP contribution in [0.4, 0.5) is 0 Å². The highest BCUT2D eigenvalue weighted by Crippen LogP contribution is 2.22. The fraction of sp³-hybridized carbons (Fsp3) is 0.667. The molecule has 2 heteroatoms. The summed E-state index contributed by atoms with van der Waals surface area (Å²) >= 11 is 0. The minimum Gasteiger partial charge on any atom is -0.390 e. The van der Waals surface area contributed by atoms with Crippen LogP contribution in [0, 0.1) is 0 Å². The first-order valence-corrected chi connectivity index (χ1v) is 7.99. The molecule has 2 nitrogen and oxygen atoms in total. The van der Waals surface area contributed by atoms with Crippen molar-refractivity contribution in [2.75, 3.05) is 0 Å². The molecule has 0 saturated carbocycles. The van der Waals surface area contributed by atoms with E-state index in [2.05, 4.69) is 36.5 Å². The van der Waals surface area contributed by atoms with Crippen LogP contribution in [0.1, 0.15) is 57.6 Å². The predicted octanol–water partition coefficient (Wildman–Crippen LogP) is 3.46. The van der Waals surface area contributed by atoms with Crippen LogP contribution in [0.5, 0.6) is 0 Å². The van der Waals surface area contributed by atoms with Crippen LogP contribution in [0.25, 0.3) is 0 Å². The van der Waals surface area contributed by atoms with Gasteiger partial charge in [0, 0.05) is 12.1 Å². The molecule has 0 spiro atoms. The van der Waals surface area contributed by atoms with Crippen LogP contribution in [0.15, 0.2) is 24.3 Å². The van der Waals surface area contributed by atoms with E-state index in [0.29, 0.717) is 12.1 Å². The number of benzene rings is 1. The third-order valence-electron chi connectivity index (χ3n) is 4.29. The molecule has 2 N–H and O–H groups in total. The van der Waals surface area contributed by atoms with Crippen molar-refractivity contribution in [1.82, 2.24) is 5.32 Å². The Bertz CT molecular complexity index is 422. The van der Waals surface area contributed by atoms with Gasteiger partial charge in [-0.3, -0.25) is 0 Å². The second-order valence-corrected chi connectivity index (χ2v) is 6.98. The van der Waals surface area contributed by atoms with Gasteiger partial charge in [-0.05, 0) is 70.4 Å². The van der Waals surface area contributed by atoms with Crippen molar-refractivity contribution in [1.29, 1.82) is 0 Å². The van der Waals surface area contributed by atoms with E-state index < -0.39 is 5.60 Å². The molecule has 112 valence electrons. The molecule has 2 atom stereocenters. The Morgan fingerprint density at radius 2 is 2.00 bits per heavy atom. The zero-order valence-electron chi connectivity index (χ0n) is 13.2. The van der Waals surface area contributed by atoms with E-state index in [1.165, 1.54) is 24.0 Å². The summed E-state index contributed by atoms with van der Waals surface area (Å²) in [6.45, 7) is 6.05. The molecule has 2 rings (SSSR count). The Balaban J connectivity index is 1.75. The summed E-state index contributed by atoms with van der Waals surface area (Å²) in [5.74, 6) is 0. The monoisotopic (exact) mass is 275 g/mol. The summed E-state index contributed by atoms with van der Waals surface area (Å²) in [5, 5.41) is 13.5. The molecule has 0 radical (unpaired) electrons. The second-order valence-electron chi connectivity index (χ2n) is 6.98. The Kier molecular flexibility index (Phi) is 5.22. The van der Waals surface area contributed by atoms with Gasteiger partial charge in [0.25, 0.3) is 0 Å². The van der Waals surface area contributed by atoms with E-state index in [1.54, 1.807) is 0 Å². The third-order valence-corrected chi connectivity index (χ3v) is 4.29. The number of aryl methyl sites for hydroxylation is 1. The normalized spacial score (nSPS) is 20.5. The van der Waals surface area contributed by atoms with E-state index in [0.717, 1.165) is 25.7 Å². The highest BCUT2D eigenvalue weighted by Gasteiger charge is 2.20. The van der Waals surface area contributed by atoms with E-state index in [9.17, 15) is 5.11 Å². The molecule has 0 fully saturated rings. The lowest BCUT2D eigenvalue weighted by Gasteiger charge is -2.29. The Morgan fingerprint density at radius 3 is 2.70 bits per heavy atom. The van der Waals surface area contributed by atoms with Crippen molar-refractivity contribution in [2.45, 2.75) is 77.0 Å². The van der Waals surface area contributed by atoms with E-state index >= 15 is 0 Å². The van der Waals surface area contributed by atoms with Gasteiger partial charge in [0.1, 0.15) is 0 Å². The SMILES string of the molecule is CC(CCCC(C)(C)O)NC1CCc2ccccc2C1. The van der Waals surface area contributed by atoms with Gasteiger partial charge in [0.05, 0.1) is 5.60 Å². The number of aliphatic hydroxyl groups is 1. The van der Waals surface area contributed by atoms with Gasteiger partial charge in [0.2, 0.25) is 0 Å². The molecule has 1 aromatic carbocycles. The van der Waals surface area contributed by atoms with E-state index in [4.69, 9.17) is 0 Å². The van der Waals surface area contributed by atoms with E-state index in [-0.39, 0.29) is 0 Å². The summed E-state index contributed by atoms with van der Waals surface area (Å²) in [4.78, 5) is 0. The number of hydrogen-bond donors (Lipinski definition) is 2. The minimum absolute atomic E-state index is 0.524. The lowest BCUT2D eigenvalue weighted by Crippen LogP contribution is -2.40. The van der Waals surface area contributed by atoms with Gasteiger partial charge >= 0.3 is 0 Å². The van der Waals surface area contributed by atoms with Gasteiger partial charge in [-0.2, -0.15) is 0 Å². The van der Waals surface area contributed by atoms with Gasteiger partial charge in [-0.1, -0.05) is 24.3 Å². The lowest BCUT2D eigenvalue weighted by atomic mass is 9.88. The van der Waals surface area contributed by atoms with Crippen LogP contribution in [0.2, 0.25) is 0 Å². The highest BCUT2D eigenvalue weighted by molar-refractivity contribution is 5.30. The molecule has 0 saturated heterocycles. The topological polar surface area (TPSA) is 32.3 Å². The quantitative estimate of drug-likeness (QED) is 0.833. The van der Waals surface area contributed by atoms with Gasteiger partial charge < -0.3 is 10.4 Å². The molecule has 20 heavy (non-hydrogen) atoms. The number of fused-ring (bicyclic) bond motifs is 1. The Labute approximate surface area is 123 Å². The number of hydrogen-bond acceptors (Lipinski definition) is 2. The maximum absolute atomic E-state index is 9.74. The zero-order valence-corrected chi connectivity index (χ0v) is 13.2. The second kappa shape index (κ2) is 6.73. The van der Waals surface area contributed by atoms with Crippen molar-refractivity contribution in [3.05, 3.63) is 35.4 Å². The molecule has 0 aromatic heterocycles. The number of nitrogens with one attached hydrogen (secondary N) is 1. The highest BCUT2D eigenvalue weighted by atomic mass is 16.3. The van der Waals surface area contributed by atoms with Gasteiger partial charge in [0.15, 0.2) is 0 Å². The molecular weight excluding hydrogens is 246 g/mol. The summed E-state index contributed by atoms with van der Waals surface area (Å²) in [7, 11) is 0. The first-order valence-electron chi connectivity index (χ1n) is 7.99. The maximum Gasteiger partial charge on any atom is 0.0591 e. The molecule has 0 bridgehead atoms. The van der Waals surface area contributed by atoms with Crippen molar-refractivity contribution in [2.24, 2.45) is 0 Å². The molecule has 1 aliphatic carbocycles. The standard InChI is InChI=1S/C18H29NO/c1-14(7-6-12-18(2,3)20)19-17-11-10-15-8-4-5-9-16(15)13-17/h4-5,8-9,14,17,19-20H,6-7,10-13H2,1-3H3. The van der Waals surface area contributed by atoms with Gasteiger partial charge in [-0.25, -0.2) is 0 Å². The summed E-state index contributed by atoms with van der Waals surface area (Å²) in [6, 6.07) is 9.97.